The van der Waals surface area contributed by atoms with Crippen LogP contribution in [-0.4, -0.2) is 34.5 Å². The maximum atomic E-state index is 14.7. The lowest BCUT2D eigenvalue weighted by molar-refractivity contribution is -0.384. The number of amides is 1. The quantitative estimate of drug-likeness (QED) is 0.269. The molecule has 0 unspecified atom stereocenters. The Labute approximate surface area is 231 Å². The van der Waals surface area contributed by atoms with Crippen molar-refractivity contribution in [3.8, 4) is 0 Å². The average molecular weight is 536 g/mol. The SMILES string of the molecule is Cc1ccc2c(c1)C=C[C@H]1N2[C@H](C(=O)C(C)(C)C)[C@H](C(=O)c2cccc([N+](=O)[O-])c2)[C@]12C(=O)Nc1ccccc12. The molecule has 0 bridgehead atoms. The van der Waals surface area contributed by atoms with Gasteiger partial charge in [-0.1, -0.05) is 74.9 Å². The third-order valence-electron chi connectivity index (χ3n) is 8.42. The molecule has 3 aromatic carbocycles. The molecule has 40 heavy (non-hydrogen) atoms. The summed E-state index contributed by atoms with van der Waals surface area (Å²) in [5.41, 5.74) is 1.52. The van der Waals surface area contributed by atoms with E-state index >= 15 is 0 Å². The number of nitro groups is 1. The first-order chi connectivity index (χ1) is 19.0. The van der Waals surface area contributed by atoms with Gasteiger partial charge < -0.3 is 10.2 Å². The number of nitro benzene ring substituents is 1. The van der Waals surface area contributed by atoms with E-state index in [0.29, 0.717) is 11.3 Å². The molecule has 3 aliphatic heterocycles. The molecule has 0 radical (unpaired) electrons. The molecule has 3 aromatic rings. The number of anilines is 2. The number of nitrogens with zero attached hydrogens (tertiary/aromatic N) is 2. The number of para-hydroxylation sites is 1. The predicted molar refractivity (Wildman–Crippen MR) is 152 cm³/mol. The Kier molecular flexibility index (Phi) is 5.59. The van der Waals surface area contributed by atoms with Crippen molar-refractivity contribution < 1.29 is 19.3 Å². The monoisotopic (exact) mass is 535 g/mol. The van der Waals surface area contributed by atoms with Crippen LogP contribution in [0, 0.1) is 28.4 Å². The number of carbonyl (C=O) groups is 3. The molecular weight excluding hydrogens is 506 g/mol. The Bertz CT molecular complexity index is 1650. The van der Waals surface area contributed by atoms with Crippen LogP contribution < -0.4 is 10.2 Å². The normalized spacial score (nSPS) is 24.4. The molecule has 0 aliphatic carbocycles. The third-order valence-corrected chi connectivity index (χ3v) is 8.42. The summed E-state index contributed by atoms with van der Waals surface area (Å²) in [4.78, 5) is 56.4. The first-order valence-corrected chi connectivity index (χ1v) is 13.3. The van der Waals surface area contributed by atoms with Crippen LogP contribution in [0.3, 0.4) is 0 Å². The molecule has 0 saturated carbocycles. The van der Waals surface area contributed by atoms with Gasteiger partial charge in [-0.2, -0.15) is 0 Å². The summed E-state index contributed by atoms with van der Waals surface area (Å²) < 4.78 is 0. The lowest BCUT2D eigenvalue weighted by Crippen LogP contribution is -2.51. The number of ketones is 2. The summed E-state index contributed by atoms with van der Waals surface area (Å²) in [7, 11) is 0. The molecule has 1 spiro atoms. The lowest BCUT2D eigenvalue weighted by Gasteiger charge is -2.38. The number of nitrogens with one attached hydrogen (secondary N) is 1. The summed E-state index contributed by atoms with van der Waals surface area (Å²) in [5, 5.41) is 14.6. The fourth-order valence-electron chi connectivity index (χ4n) is 6.69. The zero-order valence-electron chi connectivity index (χ0n) is 22.7. The van der Waals surface area contributed by atoms with Gasteiger partial charge in [-0.15, -0.1) is 0 Å². The first kappa shape index (κ1) is 25.7. The van der Waals surface area contributed by atoms with Crippen LogP contribution in [0.1, 0.15) is 47.8 Å². The number of benzene rings is 3. The van der Waals surface area contributed by atoms with Crippen molar-refractivity contribution in [1.29, 1.82) is 0 Å². The summed E-state index contributed by atoms with van der Waals surface area (Å²) in [6, 6.07) is 17.1. The highest BCUT2D eigenvalue weighted by Gasteiger charge is 2.70. The van der Waals surface area contributed by atoms with E-state index in [4.69, 9.17) is 0 Å². The lowest BCUT2D eigenvalue weighted by atomic mass is 9.63. The summed E-state index contributed by atoms with van der Waals surface area (Å²) in [6.45, 7) is 7.41. The van der Waals surface area contributed by atoms with Crippen LogP contribution in [0.4, 0.5) is 17.1 Å². The van der Waals surface area contributed by atoms with E-state index in [-0.39, 0.29) is 22.9 Å². The fourth-order valence-corrected chi connectivity index (χ4v) is 6.69. The number of fused-ring (bicyclic) bond motifs is 6. The van der Waals surface area contributed by atoms with E-state index in [1.807, 2.05) is 81.1 Å². The van der Waals surface area contributed by atoms with Crippen molar-refractivity contribution in [2.24, 2.45) is 11.3 Å². The minimum Gasteiger partial charge on any atom is -0.352 e. The van der Waals surface area contributed by atoms with E-state index in [0.717, 1.165) is 16.8 Å². The topological polar surface area (TPSA) is 110 Å². The molecule has 4 atom stereocenters. The van der Waals surface area contributed by atoms with Crippen molar-refractivity contribution in [2.45, 2.75) is 45.2 Å². The van der Waals surface area contributed by atoms with Gasteiger partial charge in [0.25, 0.3) is 5.69 Å². The Morgan fingerprint density at radius 1 is 1.02 bits per heavy atom. The van der Waals surface area contributed by atoms with Crippen LogP contribution in [-0.2, 0) is 15.0 Å². The summed E-state index contributed by atoms with van der Waals surface area (Å²) >= 11 is 0. The molecule has 1 amide bonds. The van der Waals surface area contributed by atoms with E-state index in [1.54, 1.807) is 6.07 Å². The molecule has 6 rings (SSSR count). The molecule has 1 saturated heterocycles. The van der Waals surface area contributed by atoms with Crippen LogP contribution in [0.2, 0.25) is 0 Å². The summed E-state index contributed by atoms with van der Waals surface area (Å²) in [5.74, 6) is -2.17. The minimum atomic E-state index is -1.44. The van der Waals surface area contributed by atoms with Gasteiger partial charge in [0.2, 0.25) is 5.91 Å². The van der Waals surface area contributed by atoms with Crippen molar-refractivity contribution >= 4 is 40.6 Å². The van der Waals surface area contributed by atoms with Gasteiger partial charge in [-0.3, -0.25) is 24.5 Å². The maximum Gasteiger partial charge on any atom is 0.270 e. The Hall–Kier alpha value is -4.59. The summed E-state index contributed by atoms with van der Waals surface area (Å²) in [6.07, 6.45) is 3.88. The van der Waals surface area contributed by atoms with Gasteiger partial charge in [0, 0.05) is 34.5 Å². The second-order valence-corrected chi connectivity index (χ2v) is 11.9. The molecule has 8 heteroatoms. The molecule has 8 nitrogen and oxygen atoms in total. The molecule has 3 aliphatic rings. The van der Waals surface area contributed by atoms with Gasteiger partial charge >= 0.3 is 0 Å². The molecule has 0 aromatic heterocycles. The van der Waals surface area contributed by atoms with Crippen LogP contribution in [0.5, 0.6) is 0 Å². The van der Waals surface area contributed by atoms with Crippen LogP contribution >= 0.6 is 0 Å². The van der Waals surface area contributed by atoms with Crippen molar-refractivity contribution in [3.63, 3.8) is 0 Å². The maximum absolute atomic E-state index is 14.7. The highest BCUT2D eigenvalue weighted by Crippen LogP contribution is 2.58. The van der Waals surface area contributed by atoms with Crippen LogP contribution in [0.25, 0.3) is 6.08 Å². The zero-order chi connectivity index (χ0) is 28.6. The number of hydrogen-bond donors (Lipinski definition) is 1. The molecule has 1 fully saturated rings. The Morgan fingerprint density at radius 2 is 1.77 bits per heavy atom. The number of carbonyl (C=O) groups excluding carboxylic acids is 3. The number of aryl methyl sites for hydroxylation is 1. The van der Waals surface area contributed by atoms with E-state index in [2.05, 4.69) is 5.32 Å². The van der Waals surface area contributed by atoms with E-state index in [1.165, 1.54) is 24.3 Å². The standard InChI is InChI=1S/C32H29N3O5/c1-18-12-14-24-19(16-18)13-15-25-32(22-10-5-6-11-23(22)33-30(32)38)26(27(34(24)25)29(37)31(2,3)4)28(36)20-8-7-9-21(17-20)35(39)40/h5-17,25-27H,1-4H3,(H,33,38)/t25-,26-,27+,32-/m1/s1. The zero-order valence-corrected chi connectivity index (χ0v) is 22.7. The highest BCUT2D eigenvalue weighted by atomic mass is 16.6. The molecule has 1 N–H and O–H groups in total. The first-order valence-electron chi connectivity index (χ1n) is 13.3. The van der Waals surface area contributed by atoms with Crippen molar-refractivity contribution in [1.82, 2.24) is 0 Å². The smallest absolute Gasteiger partial charge is 0.270 e. The molecule has 202 valence electrons. The number of rotatable bonds is 4. The minimum absolute atomic E-state index is 0.0930. The van der Waals surface area contributed by atoms with E-state index < -0.39 is 39.5 Å². The average Bonchev–Trinajstić information content (AvgIpc) is 3.39. The van der Waals surface area contributed by atoms with Gasteiger partial charge in [-0.25, -0.2) is 0 Å². The van der Waals surface area contributed by atoms with Crippen molar-refractivity contribution in [2.75, 3.05) is 10.2 Å². The third kappa shape index (κ3) is 3.48. The van der Waals surface area contributed by atoms with Crippen molar-refractivity contribution in [3.05, 3.63) is 105 Å². The van der Waals surface area contributed by atoms with Gasteiger partial charge in [-0.05, 0) is 36.2 Å². The van der Waals surface area contributed by atoms with Crippen LogP contribution in [0.15, 0.2) is 72.8 Å². The highest BCUT2D eigenvalue weighted by molar-refractivity contribution is 6.17. The second kappa shape index (κ2) is 8.71. The largest absolute Gasteiger partial charge is 0.352 e. The Morgan fingerprint density at radius 3 is 2.50 bits per heavy atom. The van der Waals surface area contributed by atoms with Gasteiger partial charge in [0.15, 0.2) is 11.6 Å². The fraction of sp³-hybridized carbons (Fsp3) is 0.281. The number of hydrogen-bond acceptors (Lipinski definition) is 6. The number of Topliss-reactive ketones (excluding diaryl/α,β-unsaturated/α-hetero) is 2. The van der Waals surface area contributed by atoms with Gasteiger partial charge in [0.05, 0.1) is 16.9 Å². The molecule has 3 heterocycles. The number of non-ortho nitro benzene ring substituents is 1. The Balaban J connectivity index is 1.68. The van der Waals surface area contributed by atoms with E-state index in [9.17, 15) is 24.5 Å². The predicted octanol–water partition coefficient (Wildman–Crippen LogP) is 5.49. The second-order valence-electron chi connectivity index (χ2n) is 11.9. The molecular formula is C32H29N3O5. The van der Waals surface area contributed by atoms with Gasteiger partial charge in [0.1, 0.15) is 11.5 Å².